The van der Waals surface area contributed by atoms with E-state index in [9.17, 15) is 14.4 Å². The fourth-order valence-corrected chi connectivity index (χ4v) is 2.15. The Bertz CT molecular complexity index is 568. The first-order chi connectivity index (χ1) is 9.08. The van der Waals surface area contributed by atoms with Crippen molar-refractivity contribution in [1.82, 2.24) is 9.55 Å². The van der Waals surface area contributed by atoms with Crippen molar-refractivity contribution in [1.29, 1.82) is 0 Å². The smallest absolute Gasteiger partial charge is 0.342 e. The average Bonchev–Trinajstić information content (AvgIpc) is 2.38. The molecule has 2 rings (SSSR count). The molecule has 0 saturated carbocycles. The Labute approximate surface area is 108 Å². The molecule has 0 aromatic carbocycles. The molecule has 0 spiro atoms. The molecule has 1 atom stereocenters. The van der Waals surface area contributed by atoms with Gasteiger partial charge in [-0.25, -0.2) is 9.59 Å². The number of carboxylic acids is 1. The Balaban J connectivity index is 2.11. The van der Waals surface area contributed by atoms with Crippen LogP contribution in [0.2, 0.25) is 0 Å². The van der Waals surface area contributed by atoms with Crippen molar-refractivity contribution in [3.8, 4) is 0 Å². The van der Waals surface area contributed by atoms with Gasteiger partial charge in [-0.05, 0) is 25.7 Å². The lowest BCUT2D eigenvalue weighted by Crippen LogP contribution is -2.34. The molecule has 0 radical (unpaired) electrons. The van der Waals surface area contributed by atoms with Crippen molar-refractivity contribution in [2.45, 2.75) is 38.3 Å². The molecule has 2 N–H and O–H groups in total. The topological polar surface area (TPSA) is 101 Å². The molecule has 0 bridgehead atoms. The molecule has 2 heterocycles. The summed E-state index contributed by atoms with van der Waals surface area (Å²) >= 11 is 0. The summed E-state index contributed by atoms with van der Waals surface area (Å²) in [5, 5.41) is 8.84. The van der Waals surface area contributed by atoms with Crippen molar-refractivity contribution in [2.24, 2.45) is 0 Å². The van der Waals surface area contributed by atoms with E-state index in [1.807, 2.05) is 4.98 Å². The number of carboxylic acid groups (broad SMARTS) is 1. The van der Waals surface area contributed by atoms with Crippen LogP contribution >= 0.6 is 0 Å². The molecule has 1 aromatic heterocycles. The van der Waals surface area contributed by atoms with Crippen LogP contribution in [-0.4, -0.2) is 33.3 Å². The number of aryl methyl sites for hydroxylation is 1. The number of rotatable bonds is 4. The van der Waals surface area contributed by atoms with E-state index in [0.717, 1.165) is 32.1 Å². The van der Waals surface area contributed by atoms with Crippen molar-refractivity contribution in [2.75, 3.05) is 6.61 Å². The first-order valence-corrected chi connectivity index (χ1v) is 6.26. The minimum atomic E-state index is -1.34. The summed E-state index contributed by atoms with van der Waals surface area (Å²) in [5.74, 6) is -1.34. The predicted molar refractivity (Wildman–Crippen MR) is 66.5 cm³/mol. The summed E-state index contributed by atoms with van der Waals surface area (Å²) in [4.78, 5) is 35.7. The SMILES string of the molecule is O=C(O)c1cn(CCC2CCCCO2)c(=O)[nH]c1=O. The summed E-state index contributed by atoms with van der Waals surface area (Å²) in [7, 11) is 0. The van der Waals surface area contributed by atoms with E-state index in [1.54, 1.807) is 0 Å². The monoisotopic (exact) mass is 268 g/mol. The van der Waals surface area contributed by atoms with Crippen molar-refractivity contribution >= 4 is 5.97 Å². The van der Waals surface area contributed by atoms with Gasteiger partial charge in [0.05, 0.1) is 6.10 Å². The lowest BCUT2D eigenvalue weighted by Gasteiger charge is -2.22. The number of H-pyrrole nitrogens is 1. The van der Waals surface area contributed by atoms with Crippen LogP contribution in [0.25, 0.3) is 0 Å². The molecule has 19 heavy (non-hydrogen) atoms. The Kier molecular flexibility index (Phi) is 4.16. The zero-order valence-electron chi connectivity index (χ0n) is 10.4. The molecule has 1 aromatic rings. The van der Waals surface area contributed by atoms with Gasteiger partial charge in [0.15, 0.2) is 0 Å². The van der Waals surface area contributed by atoms with E-state index in [4.69, 9.17) is 9.84 Å². The van der Waals surface area contributed by atoms with E-state index < -0.39 is 22.8 Å². The maximum atomic E-state index is 11.6. The predicted octanol–water partition coefficient (Wildman–Crippen LogP) is 0.194. The zero-order valence-corrected chi connectivity index (χ0v) is 10.4. The number of aromatic amines is 1. The maximum absolute atomic E-state index is 11.6. The second-order valence-corrected chi connectivity index (χ2v) is 4.58. The lowest BCUT2D eigenvalue weighted by atomic mass is 10.1. The third kappa shape index (κ3) is 3.31. The highest BCUT2D eigenvalue weighted by Crippen LogP contribution is 2.15. The van der Waals surface area contributed by atoms with Gasteiger partial charge in [-0.1, -0.05) is 0 Å². The van der Waals surface area contributed by atoms with E-state index in [0.29, 0.717) is 13.0 Å². The Hall–Kier alpha value is -1.89. The largest absolute Gasteiger partial charge is 0.477 e. The molecule has 1 unspecified atom stereocenters. The minimum Gasteiger partial charge on any atom is -0.477 e. The second kappa shape index (κ2) is 5.83. The van der Waals surface area contributed by atoms with Crippen LogP contribution in [0.5, 0.6) is 0 Å². The van der Waals surface area contributed by atoms with Crippen LogP contribution in [0.1, 0.15) is 36.0 Å². The number of hydrogen-bond donors (Lipinski definition) is 2. The van der Waals surface area contributed by atoms with E-state index in [-0.39, 0.29) is 6.10 Å². The fourth-order valence-electron chi connectivity index (χ4n) is 2.15. The number of ether oxygens (including phenoxy) is 1. The van der Waals surface area contributed by atoms with Gasteiger partial charge in [0.2, 0.25) is 0 Å². The van der Waals surface area contributed by atoms with Crippen molar-refractivity contribution in [3.63, 3.8) is 0 Å². The lowest BCUT2D eigenvalue weighted by molar-refractivity contribution is 0.00860. The van der Waals surface area contributed by atoms with Crippen LogP contribution in [0.15, 0.2) is 15.8 Å². The summed E-state index contributed by atoms with van der Waals surface area (Å²) in [6.07, 6.45) is 4.92. The van der Waals surface area contributed by atoms with Crippen LogP contribution in [0.4, 0.5) is 0 Å². The molecule has 1 aliphatic heterocycles. The van der Waals surface area contributed by atoms with Gasteiger partial charge < -0.3 is 9.84 Å². The Morgan fingerprint density at radius 1 is 1.47 bits per heavy atom. The number of nitrogens with zero attached hydrogens (tertiary/aromatic N) is 1. The molecular weight excluding hydrogens is 252 g/mol. The van der Waals surface area contributed by atoms with E-state index in [1.165, 1.54) is 4.57 Å². The molecular formula is C12H16N2O5. The zero-order chi connectivity index (χ0) is 13.8. The summed E-state index contributed by atoms with van der Waals surface area (Å²) in [6.45, 7) is 1.06. The first-order valence-electron chi connectivity index (χ1n) is 6.26. The number of carbonyl (C=O) groups is 1. The molecule has 1 aliphatic rings. The minimum absolute atomic E-state index is 0.0980. The van der Waals surface area contributed by atoms with Gasteiger partial charge in [-0.15, -0.1) is 0 Å². The first kappa shape index (κ1) is 13.5. The van der Waals surface area contributed by atoms with Crippen molar-refractivity contribution in [3.05, 3.63) is 32.6 Å². The van der Waals surface area contributed by atoms with Gasteiger partial charge >= 0.3 is 11.7 Å². The molecule has 0 aliphatic carbocycles. The number of aromatic carboxylic acids is 1. The van der Waals surface area contributed by atoms with Crippen LogP contribution in [-0.2, 0) is 11.3 Å². The fraction of sp³-hybridized carbons (Fsp3) is 0.583. The van der Waals surface area contributed by atoms with Gasteiger partial charge in [0.25, 0.3) is 5.56 Å². The van der Waals surface area contributed by atoms with Gasteiger partial charge in [0.1, 0.15) is 5.56 Å². The summed E-state index contributed by atoms with van der Waals surface area (Å²) in [5.41, 5.74) is -1.89. The van der Waals surface area contributed by atoms with Crippen LogP contribution < -0.4 is 11.2 Å². The van der Waals surface area contributed by atoms with Crippen LogP contribution in [0, 0.1) is 0 Å². The molecule has 0 amide bonds. The summed E-state index contributed by atoms with van der Waals surface area (Å²) < 4.78 is 6.75. The number of aromatic nitrogens is 2. The van der Waals surface area contributed by atoms with E-state index in [2.05, 4.69) is 0 Å². The Morgan fingerprint density at radius 2 is 2.26 bits per heavy atom. The highest BCUT2D eigenvalue weighted by atomic mass is 16.5. The maximum Gasteiger partial charge on any atom is 0.342 e. The quantitative estimate of drug-likeness (QED) is 0.812. The van der Waals surface area contributed by atoms with Crippen molar-refractivity contribution < 1.29 is 14.6 Å². The molecule has 7 nitrogen and oxygen atoms in total. The highest BCUT2D eigenvalue weighted by Gasteiger charge is 2.15. The normalized spacial score (nSPS) is 19.3. The third-order valence-corrected chi connectivity index (χ3v) is 3.21. The summed E-state index contributed by atoms with van der Waals surface area (Å²) in [6, 6.07) is 0. The standard InChI is InChI=1S/C12H16N2O5/c15-10-9(11(16)17)7-14(12(18)13-10)5-4-8-3-1-2-6-19-8/h7-8H,1-6H2,(H,16,17)(H,13,15,18). The third-order valence-electron chi connectivity index (χ3n) is 3.21. The van der Waals surface area contributed by atoms with Crippen LogP contribution in [0.3, 0.4) is 0 Å². The molecule has 104 valence electrons. The molecule has 1 saturated heterocycles. The number of hydrogen-bond acceptors (Lipinski definition) is 4. The van der Waals surface area contributed by atoms with Gasteiger partial charge in [-0.2, -0.15) is 0 Å². The number of nitrogens with one attached hydrogen (secondary N) is 1. The second-order valence-electron chi connectivity index (χ2n) is 4.58. The van der Waals surface area contributed by atoms with Gasteiger partial charge in [-0.3, -0.25) is 14.3 Å². The molecule has 7 heteroatoms. The Morgan fingerprint density at radius 3 is 2.89 bits per heavy atom. The molecule has 1 fully saturated rings. The highest BCUT2D eigenvalue weighted by molar-refractivity contribution is 5.86. The average molecular weight is 268 g/mol. The van der Waals surface area contributed by atoms with Gasteiger partial charge in [0, 0.05) is 19.3 Å². The van der Waals surface area contributed by atoms with E-state index >= 15 is 0 Å².